The molecule has 2 fully saturated rings. The van der Waals surface area contributed by atoms with E-state index in [1.807, 2.05) is 19.1 Å². The Labute approximate surface area is 155 Å². The highest BCUT2D eigenvalue weighted by Gasteiger charge is 2.28. The summed E-state index contributed by atoms with van der Waals surface area (Å²) in [4.78, 5) is 14.6. The highest BCUT2D eigenvalue weighted by molar-refractivity contribution is 5.85. The zero-order valence-electron chi connectivity index (χ0n) is 14.0. The van der Waals surface area contributed by atoms with E-state index in [9.17, 15) is 4.79 Å². The fourth-order valence-corrected chi connectivity index (χ4v) is 3.15. The molecule has 138 valence electrons. The second kappa shape index (κ2) is 10.3. The predicted molar refractivity (Wildman–Crippen MR) is 97.1 cm³/mol. The standard InChI is InChI=1S/C16H25N3O3.2ClH/c1-12-4-5-15(22-12)14(19-7-2-3-8-19)10-18-16(20)13-11-21-9-6-17-13;;/h4-5,13-14,17H,2-3,6-11H2,1H3,(H,18,20);2*1H. The number of halogens is 2. The number of carbonyl (C=O) groups is 1. The minimum absolute atomic E-state index is 0. The van der Waals surface area contributed by atoms with Crippen LogP contribution in [0.3, 0.4) is 0 Å². The molecule has 1 aromatic rings. The summed E-state index contributed by atoms with van der Waals surface area (Å²) in [7, 11) is 0. The summed E-state index contributed by atoms with van der Waals surface area (Å²) < 4.78 is 11.1. The van der Waals surface area contributed by atoms with Gasteiger partial charge in [0.05, 0.1) is 19.3 Å². The summed E-state index contributed by atoms with van der Waals surface area (Å²) in [5, 5.41) is 6.24. The van der Waals surface area contributed by atoms with Gasteiger partial charge in [-0.05, 0) is 45.0 Å². The molecule has 0 aromatic carbocycles. The van der Waals surface area contributed by atoms with Crippen LogP contribution in [-0.4, -0.2) is 56.2 Å². The van der Waals surface area contributed by atoms with Crippen molar-refractivity contribution in [3.05, 3.63) is 23.7 Å². The number of hydrogen-bond donors (Lipinski definition) is 2. The van der Waals surface area contributed by atoms with Crippen LogP contribution in [0.5, 0.6) is 0 Å². The summed E-state index contributed by atoms with van der Waals surface area (Å²) in [6, 6.07) is 3.87. The number of furan rings is 1. The number of amides is 1. The number of nitrogens with one attached hydrogen (secondary N) is 2. The van der Waals surface area contributed by atoms with E-state index in [0.29, 0.717) is 19.8 Å². The van der Waals surface area contributed by atoms with Gasteiger partial charge in [-0.25, -0.2) is 0 Å². The maximum Gasteiger partial charge on any atom is 0.239 e. The Kier molecular flexibility index (Phi) is 9.08. The quantitative estimate of drug-likeness (QED) is 0.814. The Morgan fingerprint density at radius 2 is 2.12 bits per heavy atom. The van der Waals surface area contributed by atoms with Crippen molar-refractivity contribution in [3.8, 4) is 0 Å². The molecule has 2 N–H and O–H groups in total. The molecule has 2 saturated heterocycles. The average molecular weight is 380 g/mol. The molecular weight excluding hydrogens is 353 g/mol. The number of carbonyl (C=O) groups excluding carboxylic acids is 1. The van der Waals surface area contributed by atoms with Gasteiger partial charge in [0.15, 0.2) is 0 Å². The van der Waals surface area contributed by atoms with E-state index in [1.54, 1.807) is 0 Å². The van der Waals surface area contributed by atoms with E-state index in [0.717, 1.165) is 31.2 Å². The monoisotopic (exact) mass is 379 g/mol. The summed E-state index contributed by atoms with van der Waals surface area (Å²) in [5.74, 6) is 1.85. The second-order valence-electron chi connectivity index (χ2n) is 6.03. The van der Waals surface area contributed by atoms with Crippen molar-refractivity contribution in [1.82, 2.24) is 15.5 Å². The van der Waals surface area contributed by atoms with Gasteiger partial charge in [-0.1, -0.05) is 0 Å². The summed E-state index contributed by atoms with van der Waals surface area (Å²) in [6.07, 6.45) is 2.42. The van der Waals surface area contributed by atoms with E-state index in [-0.39, 0.29) is 42.8 Å². The first-order chi connectivity index (χ1) is 10.7. The third-order valence-electron chi connectivity index (χ3n) is 4.38. The number of morpholine rings is 1. The molecule has 24 heavy (non-hydrogen) atoms. The van der Waals surface area contributed by atoms with Gasteiger partial charge in [-0.15, -0.1) is 24.8 Å². The first-order valence-corrected chi connectivity index (χ1v) is 8.13. The first-order valence-electron chi connectivity index (χ1n) is 8.13. The maximum absolute atomic E-state index is 12.3. The lowest BCUT2D eigenvalue weighted by Crippen LogP contribution is -2.52. The van der Waals surface area contributed by atoms with Crippen molar-refractivity contribution < 1.29 is 13.9 Å². The fraction of sp³-hybridized carbons (Fsp3) is 0.688. The van der Waals surface area contributed by atoms with Crippen LogP contribution in [0.25, 0.3) is 0 Å². The molecular formula is C16H27Cl2N3O3. The molecule has 2 atom stereocenters. The third-order valence-corrected chi connectivity index (χ3v) is 4.38. The van der Waals surface area contributed by atoms with Gasteiger partial charge in [0.25, 0.3) is 0 Å². The largest absolute Gasteiger partial charge is 0.465 e. The third kappa shape index (κ3) is 5.36. The molecule has 1 amide bonds. The Bertz CT molecular complexity index is 501. The van der Waals surface area contributed by atoms with Crippen LogP contribution in [0.4, 0.5) is 0 Å². The number of rotatable bonds is 5. The number of likely N-dealkylation sites (tertiary alicyclic amines) is 1. The van der Waals surface area contributed by atoms with Crippen molar-refractivity contribution in [3.63, 3.8) is 0 Å². The van der Waals surface area contributed by atoms with Gasteiger partial charge >= 0.3 is 0 Å². The van der Waals surface area contributed by atoms with Gasteiger partial charge < -0.3 is 19.8 Å². The lowest BCUT2D eigenvalue weighted by atomic mass is 10.2. The molecule has 0 aliphatic carbocycles. The Morgan fingerprint density at radius 3 is 2.71 bits per heavy atom. The molecule has 0 radical (unpaired) electrons. The zero-order chi connectivity index (χ0) is 15.4. The zero-order valence-corrected chi connectivity index (χ0v) is 15.6. The van der Waals surface area contributed by atoms with Crippen molar-refractivity contribution in [2.24, 2.45) is 0 Å². The van der Waals surface area contributed by atoms with Gasteiger partial charge in [0.2, 0.25) is 5.91 Å². The lowest BCUT2D eigenvalue weighted by molar-refractivity contribution is -0.126. The van der Waals surface area contributed by atoms with E-state index in [4.69, 9.17) is 9.15 Å². The van der Waals surface area contributed by atoms with E-state index >= 15 is 0 Å². The van der Waals surface area contributed by atoms with Gasteiger partial charge in [-0.3, -0.25) is 9.69 Å². The number of aryl methyl sites for hydroxylation is 1. The molecule has 0 bridgehead atoms. The Morgan fingerprint density at radius 1 is 1.38 bits per heavy atom. The van der Waals surface area contributed by atoms with Crippen LogP contribution in [0, 0.1) is 6.92 Å². The molecule has 8 heteroatoms. The highest BCUT2D eigenvalue weighted by atomic mass is 35.5. The van der Waals surface area contributed by atoms with E-state index < -0.39 is 0 Å². The van der Waals surface area contributed by atoms with Crippen molar-refractivity contribution in [1.29, 1.82) is 0 Å². The molecule has 6 nitrogen and oxygen atoms in total. The minimum atomic E-state index is -0.244. The smallest absolute Gasteiger partial charge is 0.239 e. The van der Waals surface area contributed by atoms with E-state index in [2.05, 4.69) is 15.5 Å². The molecule has 1 aromatic heterocycles. The topological polar surface area (TPSA) is 66.7 Å². The molecule has 2 aliphatic heterocycles. The van der Waals surface area contributed by atoms with E-state index in [1.165, 1.54) is 12.8 Å². The second-order valence-corrected chi connectivity index (χ2v) is 6.03. The van der Waals surface area contributed by atoms with Crippen LogP contribution < -0.4 is 10.6 Å². The molecule has 3 heterocycles. The van der Waals surface area contributed by atoms with Crippen molar-refractivity contribution in [2.75, 3.05) is 39.4 Å². The SMILES string of the molecule is Cc1ccc(C(CNC(=O)C2COCCN2)N2CCCC2)o1.Cl.Cl. The number of ether oxygens (including phenoxy) is 1. The van der Waals surface area contributed by atoms with Gasteiger partial charge in [0, 0.05) is 13.1 Å². The normalized spacial score (nSPS) is 22.3. The molecule has 0 spiro atoms. The summed E-state index contributed by atoms with van der Waals surface area (Å²) >= 11 is 0. The van der Waals surface area contributed by atoms with Crippen LogP contribution in [-0.2, 0) is 9.53 Å². The lowest BCUT2D eigenvalue weighted by Gasteiger charge is -2.28. The van der Waals surface area contributed by atoms with Crippen LogP contribution in [0.15, 0.2) is 16.5 Å². The maximum atomic E-state index is 12.3. The average Bonchev–Trinajstić information content (AvgIpc) is 3.21. The van der Waals surface area contributed by atoms with Gasteiger partial charge in [-0.2, -0.15) is 0 Å². The number of hydrogen-bond acceptors (Lipinski definition) is 5. The van der Waals surface area contributed by atoms with Crippen LogP contribution in [0.1, 0.15) is 30.4 Å². The van der Waals surface area contributed by atoms with Crippen molar-refractivity contribution >= 4 is 30.7 Å². The Hall–Kier alpha value is -0.790. The highest BCUT2D eigenvalue weighted by Crippen LogP contribution is 2.26. The summed E-state index contributed by atoms with van der Waals surface area (Å²) in [6.45, 7) is 6.49. The number of nitrogens with zero attached hydrogens (tertiary/aromatic N) is 1. The first kappa shape index (κ1) is 21.3. The Balaban J connectivity index is 0.00000144. The molecule has 0 saturated carbocycles. The van der Waals surface area contributed by atoms with Gasteiger partial charge in [0.1, 0.15) is 17.6 Å². The summed E-state index contributed by atoms with van der Waals surface area (Å²) in [5.41, 5.74) is 0. The van der Waals surface area contributed by atoms with Crippen molar-refractivity contribution in [2.45, 2.75) is 31.8 Å². The van der Waals surface area contributed by atoms with Crippen LogP contribution in [0.2, 0.25) is 0 Å². The molecule has 2 aliphatic rings. The predicted octanol–water partition coefficient (Wildman–Crippen LogP) is 1.67. The molecule has 3 rings (SSSR count). The fourth-order valence-electron chi connectivity index (χ4n) is 3.15. The minimum Gasteiger partial charge on any atom is -0.465 e. The molecule has 2 unspecified atom stereocenters. The van der Waals surface area contributed by atoms with Crippen LogP contribution >= 0.6 is 24.8 Å².